The maximum Gasteiger partial charge on any atom is 0.162 e. The summed E-state index contributed by atoms with van der Waals surface area (Å²) in [7, 11) is 0. The van der Waals surface area contributed by atoms with Gasteiger partial charge in [-0.15, -0.1) is 0 Å². The molecule has 5 aliphatic rings. The van der Waals surface area contributed by atoms with Crippen LogP contribution < -0.4 is 0 Å². The lowest BCUT2D eigenvalue weighted by molar-refractivity contribution is -0.233. The summed E-state index contributed by atoms with van der Waals surface area (Å²) in [4.78, 5) is 0. The van der Waals surface area contributed by atoms with Crippen LogP contribution in [0.25, 0.3) is 0 Å². The molecule has 0 aliphatic heterocycles. The van der Waals surface area contributed by atoms with Gasteiger partial charge in [-0.05, 0) is 123 Å². The van der Waals surface area contributed by atoms with Gasteiger partial charge < -0.3 is 15.3 Å². The summed E-state index contributed by atoms with van der Waals surface area (Å²) in [5.74, 6) is 3.72. The van der Waals surface area contributed by atoms with Crippen LogP contribution in [0.3, 0.4) is 0 Å². The van der Waals surface area contributed by atoms with Crippen LogP contribution in [0.2, 0.25) is 0 Å². The Morgan fingerprint density at radius 3 is 2.26 bits per heavy atom. The van der Waals surface area contributed by atoms with Crippen molar-refractivity contribution in [2.45, 2.75) is 123 Å². The topological polar surface area (TPSA) is 60.7 Å². The van der Waals surface area contributed by atoms with Crippen molar-refractivity contribution >= 4 is 0 Å². The average Bonchev–Trinajstić information content (AvgIpc) is 3.02. The van der Waals surface area contributed by atoms with Crippen molar-refractivity contribution in [3.05, 3.63) is 0 Å². The molecule has 3 nitrogen and oxygen atoms in total. The number of hydrogen-bond donors (Lipinski definition) is 3. The fourth-order valence-corrected chi connectivity index (χ4v) is 9.90. The lowest BCUT2D eigenvalue weighted by atomic mass is 9.44. The molecule has 0 aromatic carbocycles. The quantitative estimate of drug-likeness (QED) is 0.474. The minimum absolute atomic E-state index is 0.0522. The Balaban J connectivity index is 1.26. The zero-order chi connectivity index (χ0) is 22.0. The molecule has 9 atom stereocenters. The van der Waals surface area contributed by atoms with Gasteiger partial charge in [0.15, 0.2) is 5.79 Å². The van der Waals surface area contributed by atoms with E-state index in [-0.39, 0.29) is 6.10 Å². The Labute approximate surface area is 190 Å². The predicted molar refractivity (Wildman–Crippen MR) is 124 cm³/mol. The molecular formula is C28H48O3. The van der Waals surface area contributed by atoms with Crippen LogP contribution in [0, 0.1) is 52.3 Å². The summed E-state index contributed by atoms with van der Waals surface area (Å²) in [5, 5.41) is 31.1. The second-order valence-electron chi connectivity index (χ2n) is 13.4. The Bertz CT molecular complexity index is 657. The van der Waals surface area contributed by atoms with E-state index < -0.39 is 5.79 Å². The van der Waals surface area contributed by atoms with E-state index in [1.165, 1.54) is 64.2 Å². The molecular weight excluding hydrogens is 384 g/mol. The largest absolute Gasteiger partial charge is 0.393 e. The summed E-state index contributed by atoms with van der Waals surface area (Å²) in [6.45, 7) is 7.62. The van der Waals surface area contributed by atoms with Crippen molar-refractivity contribution in [3.63, 3.8) is 0 Å². The minimum Gasteiger partial charge on any atom is -0.393 e. The maximum atomic E-state index is 10.6. The normalized spacial score (nSPS) is 48.8. The van der Waals surface area contributed by atoms with E-state index in [9.17, 15) is 15.3 Å². The van der Waals surface area contributed by atoms with Gasteiger partial charge in [0, 0.05) is 12.8 Å². The molecule has 0 aromatic rings. The van der Waals surface area contributed by atoms with E-state index in [0.717, 1.165) is 42.4 Å². The summed E-state index contributed by atoms with van der Waals surface area (Å²) in [5.41, 5.74) is 0.799. The van der Waals surface area contributed by atoms with E-state index in [1.807, 2.05) is 0 Å². The van der Waals surface area contributed by atoms with Crippen molar-refractivity contribution in [1.29, 1.82) is 0 Å². The summed E-state index contributed by atoms with van der Waals surface area (Å²) in [6.07, 6.45) is 16.1. The number of rotatable bonds is 5. The SMILES string of the molecule is C[C@H](CC[C@@H](O)C1CCC1)[C@H]1CC[C@H]2[C@@H]3CC[C@H]4CC(O)(O)CC[C@]4(C)[C@H]3CC[C@]12C. The highest BCUT2D eigenvalue weighted by Gasteiger charge is 2.61. The van der Waals surface area contributed by atoms with Gasteiger partial charge in [0.1, 0.15) is 0 Å². The number of hydrogen-bond acceptors (Lipinski definition) is 3. The van der Waals surface area contributed by atoms with Crippen molar-refractivity contribution < 1.29 is 15.3 Å². The van der Waals surface area contributed by atoms with Crippen molar-refractivity contribution in [2.24, 2.45) is 52.3 Å². The number of fused-ring (bicyclic) bond motifs is 5. The Kier molecular flexibility index (Phi) is 5.83. The van der Waals surface area contributed by atoms with E-state index >= 15 is 0 Å². The molecule has 3 N–H and O–H groups in total. The van der Waals surface area contributed by atoms with Gasteiger partial charge in [-0.1, -0.05) is 27.2 Å². The highest BCUT2D eigenvalue weighted by atomic mass is 16.5. The van der Waals surface area contributed by atoms with Gasteiger partial charge in [-0.3, -0.25) is 0 Å². The minimum atomic E-state index is -1.42. The average molecular weight is 433 g/mol. The molecule has 3 heteroatoms. The number of aliphatic hydroxyl groups excluding tert-OH is 1. The fraction of sp³-hybridized carbons (Fsp3) is 1.00. The molecule has 5 aliphatic carbocycles. The monoisotopic (exact) mass is 432 g/mol. The van der Waals surface area contributed by atoms with Crippen LogP contribution in [-0.4, -0.2) is 27.2 Å². The van der Waals surface area contributed by atoms with Crippen LogP contribution in [0.1, 0.15) is 111 Å². The molecule has 0 heterocycles. The van der Waals surface area contributed by atoms with E-state index in [4.69, 9.17) is 0 Å². The first-order valence-corrected chi connectivity index (χ1v) is 13.8. The molecule has 178 valence electrons. The van der Waals surface area contributed by atoms with Gasteiger partial charge in [0.05, 0.1) is 6.10 Å². The van der Waals surface area contributed by atoms with E-state index in [2.05, 4.69) is 20.8 Å². The van der Waals surface area contributed by atoms with Gasteiger partial charge in [0.25, 0.3) is 0 Å². The third-order valence-electron chi connectivity index (χ3n) is 12.1. The van der Waals surface area contributed by atoms with Gasteiger partial charge in [-0.2, -0.15) is 0 Å². The summed E-state index contributed by atoms with van der Waals surface area (Å²) < 4.78 is 0. The standard InChI is InChI=1S/C28H48O3/c1-18(7-12-25(29)19-5-4-6-19)22-10-11-23-21-9-8-20-17-28(30,31)16-15-26(20,2)24(21)13-14-27(22,23)3/h18-25,29-31H,4-17H2,1-3H3/t18-,20+,21+,22-,23+,24+,25-,26+,27-/m1/s1. The Morgan fingerprint density at radius 2 is 1.55 bits per heavy atom. The van der Waals surface area contributed by atoms with Crippen LogP contribution in [0.5, 0.6) is 0 Å². The third-order valence-corrected chi connectivity index (χ3v) is 12.1. The number of aliphatic hydroxyl groups is 3. The first kappa shape index (κ1) is 22.7. The predicted octanol–water partition coefficient (Wildman–Crippen LogP) is 5.90. The summed E-state index contributed by atoms with van der Waals surface area (Å²) in [6, 6.07) is 0. The van der Waals surface area contributed by atoms with Gasteiger partial charge in [-0.25, -0.2) is 0 Å². The lowest BCUT2D eigenvalue weighted by Crippen LogP contribution is -2.56. The van der Waals surface area contributed by atoms with Crippen LogP contribution >= 0.6 is 0 Å². The zero-order valence-corrected chi connectivity index (χ0v) is 20.4. The second-order valence-corrected chi connectivity index (χ2v) is 13.4. The van der Waals surface area contributed by atoms with Crippen molar-refractivity contribution in [1.82, 2.24) is 0 Å². The smallest absolute Gasteiger partial charge is 0.162 e. The third kappa shape index (κ3) is 3.73. The van der Waals surface area contributed by atoms with Crippen LogP contribution in [0.4, 0.5) is 0 Å². The molecule has 0 radical (unpaired) electrons. The Morgan fingerprint density at radius 1 is 0.806 bits per heavy atom. The van der Waals surface area contributed by atoms with Crippen molar-refractivity contribution in [2.75, 3.05) is 0 Å². The van der Waals surface area contributed by atoms with Crippen LogP contribution in [0.15, 0.2) is 0 Å². The van der Waals surface area contributed by atoms with E-state index in [1.54, 1.807) is 0 Å². The maximum absolute atomic E-state index is 10.6. The molecule has 0 aromatic heterocycles. The Hall–Kier alpha value is -0.120. The first-order valence-electron chi connectivity index (χ1n) is 13.8. The molecule has 5 rings (SSSR count). The van der Waals surface area contributed by atoms with Crippen molar-refractivity contribution in [3.8, 4) is 0 Å². The highest BCUT2D eigenvalue weighted by molar-refractivity contribution is 5.10. The first-order chi connectivity index (χ1) is 14.6. The molecule has 0 unspecified atom stereocenters. The molecule has 0 saturated heterocycles. The molecule has 31 heavy (non-hydrogen) atoms. The molecule has 5 saturated carbocycles. The molecule has 0 amide bonds. The lowest BCUT2D eigenvalue weighted by Gasteiger charge is -2.61. The molecule has 0 bridgehead atoms. The van der Waals surface area contributed by atoms with E-state index in [0.29, 0.717) is 35.5 Å². The highest BCUT2D eigenvalue weighted by Crippen LogP contribution is 2.68. The van der Waals surface area contributed by atoms with Crippen LogP contribution in [-0.2, 0) is 0 Å². The zero-order valence-electron chi connectivity index (χ0n) is 20.4. The molecule has 5 fully saturated rings. The van der Waals surface area contributed by atoms with Gasteiger partial charge >= 0.3 is 0 Å². The van der Waals surface area contributed by atoms with Gasteiger partial charge in [0.2, 0.25) is 0 Å². The second kappa shape index (κ2) is 7.98. The summed E-state index contributed by atoms with van der Waals surface area (Å²) >= 11 is 0. The fourth-order valence-electron chi connectivity index (χ4n) is 9.90. The molecule has 0 spiro atoms.